The maximum Gasteiger partial charge on any atom is 0.412 e. The molecule has 0 atom stereocenters. The zero-order valence-corrected chi connectivity index (χ0v) is 14.1. The maximum atomic E-state index is 12.7. The second kappa shape index (κ2) is 6.43. The summed E-state index contributed by atoms with van der Waals surface area (Å²) in [6.07, 6.45) is 2.92. The van der Waals surface area contributed by atoms with Gasteiger partial charge < -0.3 is 0 Å². The summed E-state index contributed by atoms with van der Waals surface area (Å²) in [5, 5.41) is 0. The zero-order chi connectivity index (χ0) is 17.3. The number of sulfonamides is 1. The van der Waals surface area contributed by atoms with Gasteiger partial charge in [0.1, 0.15) is 0 Å². The summed E-state index contributed by atoms with van der Waals surface area (Å²) in [6, 6.07) is -0.156. The molecular formula is C16H22F3NO2S. The third-order valence-corrected chi connectivity index (χ3v) is 5.94. The molecule has 0 aromatic rings. The molecule has 130 valence electrons. The summed E-state index contributed by atoms with van der Waals surface area (Å²) < 4.78 is 65.5. The van der Waals surface area contributed by atoms with Crippen molar-refractivity contribution in [2.24, 2.45) is 5.41 Å². The summed E-state index contributed by atoms with van der Waals surface area (Å²) in [7, 11) is -3.80. The minimum absolute atomic E-state index is 0.124. The molecule has 2 aliphatic carbocycles. The highest BCUT2D eigenvalue weighted by Gasteiger charge is 2.33. The lowest BCUT2D eigenvalue weighted by atomic mass is 9.76. The molecule has 0 heterocycles. The van der Waals surface area contributed by atoms with Crippen LogP contribution >= 0.6 is 0 Å². The normalized spacial score (nSPS) is 23.2. The molecule has 7 heteroatoms. The molecule has 2 rings (SSSR count). The van der Waals surface area contributed by atoms with Gasteiger partial charge in [-0.2, -0.15) is 13.2 Å². The number of hydrogen-bond acceptors (Lipinski definition) is 2. The van der Waals surface area contributed by atoms with Crippen LogP contribution in [0.2, 0.25) is 0 Å². The molecule has 0 aliphatic heterocycles. The van der Waals surface area contributed by atoms with Crippen LogP contribution in [0.25, 0.3) is 0 Å². The van der Waals surface area contributed by atoms with Gasteiger partial charge in [-0.25, -0.2) is 13.1 Å². The lowest BCUT2D eigenvalue weighted by Crippen LogP contribution is -2.39. The standard InChI is InChI=1S/C16H22F3NO2S/c1-15(2)10-8-13(9-11-15)20-23(21,22)14-5-3-4-12(6-7-14)16(17,18)19/h3,5-7,13,20H,4,8-11H2,1-2H3. The van der Waals surface area contributed by atoms with E-state index in [0.717, 1.165) is 37.8 Å². The lowest BCUT2D eigenvalue weighted by Gasteiger charge is -2.34. The minimum atomic E-state index is -4.44. The van der Waals surface area contributed by atoms with Crippen molar-refractivity contribution in [3.8, 4) is 0 Å². The molecule has 0 aromatic heterocycles. The van der Waals surface area contributed by atoms with E-state index in [2.05, 4.69) is 18.6 Å². The van der Waals surface area contributed by atoms with Crippen LogP contribution in [0.1, 0.15) is 46.0 Å². The average molecular weight is 349 g/mol. The van der Waals surface area contributed by atoms with Gasteiger partial charge in [-0.15, -0.1) is 0 Å². The first-order valence-corrected chi connectivity index (χ1v) is 9.15. The Bertz CT molecular complexity index is 633. The summed E-state index contributed by atoms with van der Waals surface area (Å²) >= 11 is 0. The number of nitrogens with one attached hydrogen (secondary N) is 1. The number of alkyl halides is 3. The lowest BCUT2D eigenvalue weighted by molar-refractivity contribution is -0.0928. The first-order chi connectivity index (χ1) is 10.5. The zero-order valence-electron chi connectivity index (χ0n) is 13.3. The fourth-order valence-corrected chi connectivity index (χ4v) is 4.14. The minimum Gasteiger partial charge on any atom is -0.208 e. The molecular weight excluding hydrogens is 327 g/mol. The van der Waals surface area contributed by atoms with Crippen LogP contribution in [0, 0.1) is 5.41 Å². The van der Waals surface area contributed by atoms with E-state index in [0.29, 0.717) is 0 Å². The van der Waals surface area contributed by atoms with Gasteiger partial charge in [0.2, 0.25) is 10.0 Å². The number of hydrogen-bond donors (Lipinski definition) is 1. The Morgan fingerprint density at radius 3 is 2.35 bits per heavy atom. The van der Waals surface area contributed by atoms with E-state index in [1.165, 1.54) is 12.2 Å². The van der Waals surface area contributed by atoms with E-state index in [1.807, 2.05) is 0 Å². The number of allylic oxidation sites excluding steroid dienone is 5. The third-order valence-electron chi connectivity index (χ3n) is 4.40. The van der Waals surface area contributed by atoms with Crippen molar-refractivity contribution in [2.45, 2.75) is 58.2 Å². The van der Waals surface area contributed by atoms with E-state index in [1.54, 1.807) is 0 Å². The van der Waals surface area contributed by atoms with Crippen molar-refractivity contribution < 1.29 is 21.6 Å². The molecule has 1 N–H and O–H groups in total. The highest BCUT2D eigenvalue weighted by molar-refractivity contribution is 7.93. The van der Waals surface area contributed by atoms with Gasteiger partial charge >= 0.3 is 6.18 Å². The molecule has 0 amide bonds. The average Bonchev–Trinajstić information content (AvgIpc) is 2.67. The Hall–Kier alpha value is -1.08. The van der Waals surface area contributed by atoms with Gasteiger partial charge in [0.15, 0.2) is 0 Å². The van der Waals surface area contributed by atoms with E-state index in [4.69, 9.17) is 0 Å². The molecule has 0 bridgehead atoms. The first-order valence-electron chi connectivity index (χ1n) is 7.67. The van der Waals surface area contributed by atoms with E-state index in [9.17, 15) is 21.6 Å². The molecule has 1 fully saturated rings. The Morgan fingerprint density at radius 2 is 1.78 bits per heavy atom. The van der Waals surface area contributed by atoms with Crippen LogP contribution < -0.4 is 4.72 Å². The monoisotopic (exact) mass is 349 g/mol. The highest BCUT2D eigenvalue weighted by Crippen LogP contribution is 2.35. The topological polar surface area (TPSA) is 46.2 Å². The molecule has 2 aliphatic rings. The van der Waals surface area contributed by atoms with Gasteiger partial charge in [0.05, 0.1) is 4.91 Å². The summed E-state index contributed by atoms with van der Waals surface area (Å²) in [5.41, 5.74) is -0.535. The predicted molar refractivity (Wildman–Crippen MR) is 84.1 cm³/mol. The van der Waals surface area contributed by atoms with Crippen molar-refractivity contribution in [3.05, 3.63) is 34.8 Å². The van der Waals surface area contributed by atoms with E-state index < -0.39 is 21.8 Å². The molecule has 0 saturated heterocycles. The number of halogens is 3. The Balaban J connectivity index is 2.11. The second-order valence-electron chi connectivity index (χ2n) is 6.92. The van der Waals surface area contributed by atoms with Gasteiger partial charge in [-0.05, 0) is 49.7 Å². The van der Waals surface area contributed by atoms with Gasteiger partial charge in [-0.3, -0.25) is 0 Å². The van der Waals surface area contributed by atoms with Crippen LogP contribution in [0.4, 0.5) is 13.2 Å². The van der Waals surface area contributed by atoms with Crippen molar-refractivity contribution in [2.75, 3.05) is 0 Å². The number of rotatable bonds is 3. The predicted octanol–water partition coefficient (Wildman–Crippen LogP) is 4.21. The SMILES string of the molecule is CC1(C)CCC(NS(=O)(=O)C2=CC=C(C(F)(F)F)CC=C2)CC1. The summed E-state index contributed by atoms with van der Waals surface area (Å²) in [5.74, 6) is 0. The van der Waals surface area contributed by atoms with Crippen molar-refractivity contribution in [1.82, 2.24) is 4.72 Å². The largest absolute Gasteiger partial charge is 0.412 e. The third kappa shape index (κ3) is 4.94. The molecule has 3 nitrogen and oxygen atoms in total. The quantitative estimate of drug-likeness (QED) is 0.830. The molecule has 0 spiro atoms. The Kier molecular flexibility index (Phi) is 5.11. The highest BCUT2D eigenvalue weighted by atomic mass is 32.2. The van der Waals surface area contributed by atoms with Crippen LogP contribution in [0.5, 0.6) is 0 Å². The van der Waals surface area contributed by atoms with Crippen molar-refractivity contribution >= 4 is 10.0 Å². The Labute approximate surface area is 135 Å². The molecule has 0 radical (unpaired) electrons. The van der Waals surface area contributed by atoms with Gasteiger partial charge in [0, 0.05) is 11.6 Å². The molecule has 0 aromatic carbocycles. The van der Waals surface area contributed by atoms with Crippen LogP contribution in [-0.4, -0.2) is 20.6 Å². The summed E-state index contributed by atoms with van der Waals surface area (Å²) in [6.45, 7) is 4.30. The molecule has 0 unspecified atom stereocenters. The van der Waals surface area contributed by atoms with Crippen molar-refractivity contribution in [1.29, 1.82) is 0 Å². The fourth-order valence-electron chi connectivity index (χ4n) is 2.80. The van der Waals surface area contributed by atoms with Gasteiger partial charge in [0.25, 0.3) is 0 Å². The van der Waals surface area contributed by atoms with Crippen LogP contribution in [-0.2, 0) is 10.0 Å². The van der Waals surface area contributed by atoms with E-state index in [-0.39, 0.29) is 22.8 Å². The fraction of sp³-hybridized carbons (Fsp3) is 0.625. The second-order valence-corrected chi connectivity index (χ2v) is 8.64. The molecule has 23 heavy (non-hydrogen) atoms. The molecule has 1 saturated carbocycles. The maximum absolute atomic E-state index is 12.7. The summed E-state index contributed by atoms with van der Waals surface area (Å²) in [4.78, 5) is -0.124. The van der Waals surface area contributed by atoms with Crippen LogP contribution in [0.3, 0.4) is 0 Å². The van der Waals surface area contributed by atoms with Crippen molar-refractivity contribution in [3.63, 3.8) is 0 Å². The van der Waals surface area contributed by atoms with Crippen LogP contribution in [0.15, 0.2) is 34.8 Å². The Morgan fingerprint density at radius 1 is 1.17 bits per heavy atom. The smallest absolute Gasteiger partial charge is 0.208 e. The first kappa shape index (κ1) is 18.3. The van der Waals surface area contributed by atoms with Gasteiger partial charge in [-0.1, -0.05) is 26.0 Å². The van der Waals surface area contributed by atoms with E-state index >= 15 is 0 Å².